The van der Waals surface area contributed by atoms with E-state index in [1.54, 1.807) is 31.2 Å². The predicted octanol–water partition coefficient (Wildman–Crippen LogP) is 4.24. The Morgan fingerprint density at radius 1 is 1.16 bits per heavy atom. The van der Waals surface area contributed by atoms with Crippen molar-refractivity contribution in [3.63, 3.8) is 0 Å². The van der Waals surface area contributed by atoms with Crippen LogP contribution in [-0.4, -0.2) is 48.6 Å². The lowest BCUT2D eigenvalue weighted by atomic mass is 9.94. The summed E-state index contributed by atoms with van der Waals surface area (Å²) >= 11 is 0. The molecule has 2 aromatic rings. The van der Waals surface area contributed by atoms with Gasteiger partial charge < -0.3 is 19.5 Å². The zero-order chi connectivity index (χ0) is 23.4. The lowest BCUT2D eigenvalue weighted by Gasteiger charge is -2.25. The lowest BCUT2D eigenvalue weighted by molar-refractivity contribution is -0.140. The number of rotatable bonds is 8. The van der Waals surface area contributed by atoms with Crippen molar-refractivity contribution in [1.82, 2.24) is 4.90 Å². The molecule has 0 saturated carbocycles. The van der Waals surface area contributed by atoms with Gasteiger partial charge >= 0.3 is 0 Å². The number of halogens is 1. The van der Waals surface area contributed by atoms with Crippen LogP contribution in [0.25, 0.3) is 5.76 Å². The smallest absolute Gasteiger partial charge is 0.295 e. The molecule has 2 aromatic carbocycles. The van der Waals surface area contributed by atoms with Crippen LogP contribution in [-0.2, 0) is 14.3 Å². The first-order chi connectivity index (χ1) is 15.2. The molecular formula is C25H28FNO5. The first-order valence-electron chi connectivity index (χ1n) is 10.5. The number of amides is 1. The first kappa shape index (κ1) is 23.5. The number of carbonyl (C=O) groups is 2. The maximum Gasteiger partial charge on any atom is 0.295 e. The third-order valence-corrected chi connectivity index (χ3v) is 5.29. The number of Topliss-reactive ketones (excluding diaryl/α,β-unsaturated/α-hetero) is 1. The quantitative estimate of drug-likeness (QED) is 0.377. The summed E-state index contributed by atoms with van der Waals surface area (Å²) in [6.07, 6.45) is 0. The predicted molar refractivity (Wildman–Crippen MR) is 119 cm³/mol. The number of nitrogens with zero attached hydrogens (tertiary/aromatic N) is 1. The summed E-state index contributed by atoms with van der Waals surface area (Å²) in [5, 5.41) is 11.0. The summed E-state index contributed by atoms with van der Waals surface area (Å²) in [5.41, 5.74) is 1.21. The molecule has 0 aromatic heterocycles. The molecule has 1 amide bonds. The van der Waals surface area contributed by atoms with Crippen LogP contribution in [0.5, 0.6) is 5.75 Å². The molecule has 1 N–H and O–H groups in total. The van der Waals surface area contributed by atoms with E-state index in [-0.39, 0.29) is 30.0 Å². The van der Waals surface area contributed by atoms with E-state index in [9.17, 15) is 19.1 Å². The van der Waals surface area contributed by atoms with Gasteiger partial charge in [-0.25, -0.2) is 4.39 Å². The average Bonchev–Trinajstić information content (AvgIpc) is 3.02. The minimum atomic E-state index is -0.797. The summed E-state index contributed by atoms with van der Waals surface area (Å²) in [7, 11) is 1.51. The highest BCUT2D eigenvalue weighted by Crippen LogP contribution is 2.39. The van der Waals surface area contributed by atoms with Gasteiger partial charge in [-0.3, -0.25) is 9.59 Å². The van der Waals surface area contributed by atoms with Crippen LogP contribution >= 0.6 is 0 Å². The number of methoxy groups -OCH3 is 1. The van der Waals surface area contributed by atoms with E-state index in [1.807, 2.05) is 0 Å². The van der Waals surface area contributed by atoms with Crippen molar-refractivity contribution in [2.45, 2.75) is 26.8 Å². The fraction of sp³-hybridized carbons (Fsp3) is 0.360. The van der Waals surface area contributed by atoms with E-state index in [1.165, 1.54) is 30.2 Å². The van der Waals surface area contributed by atoms with Gasteiger partial charge in [0, 0.05) is 19.2 Å². The standard InChI is InChI=1S/C25H28FNO5/c1-15(2)14-32-19-8-5-17(6-9-19)22-21(24(29)25(30)27(22)11-12-31-4)23(28)18-7-10-20(26)16(3)13-18/h5-10,13,15,22,28H,11-12,14H2,1-4H3/b23-21-. The van der Waals surface area contributed by atoms with Crippen LogP contribution in [0, 0.1) is 18.7 Å². The van der Waals surface area contributed by atoms with Crippen molar-refractivity contribution in [1.29, 1.82) is 0 Å². The molecule has 6 nitrogen and oxygen atoms in total. The van der Waals surface area contributed by atoms with E-state index in [4.69, 9.17) is 9.47 Å². The van der Waals surface area contributed by atoms with E-state index in [0.29, 0.717) is 29.4 Å². The number of hydrogen-bond donors (Lipinski definition) is 1. The Morgan fingerprint density at radius 2 is 1.84 bits per heavy atom. The third kappa shape index (κ3) is 4.83. The number of hydrogen-bond acceptors (Lipinski definition) is 5. The van der Waals surface area contributed by atoms with Crippen molar-refractivity contribution in [3.05, 3.63) is 70.5 Å². The second kappa shape index (κ2) is 9.96. The molecule has 0 radical (unpaired) electrons. The normalized spacial score (nSPS) is 17.9. The molecule has 1 atom stereocenters. The molecule has 1 aliphatic rings. The molecule has 170 valence electrons. The molecule has 0 aliphatic carbocycles. The van der Waals surface area contributed by atoms with Gasteiger partial charge in [0.15, 0.2) is 0 Å². The fourth-order valence-electron chi connectivity index (χ4n) is 3.60. The van der Waals surface area contributed by atoms with Gasteiger partial charge in [0.05, 0.1) is 24.8 Å². The van der Waals surface area contributed by atoms with Crippen molar-refractivity contribution < 1.29 is 28.6 Å². The van der Waals surface area contributed by atoms with Crippen LogP contribution in [0.2, 0.25) is 0 Å². The minimum Gasteiger partial charge on any atom is -0.507 e. The van der Waals surface area contributed by atoms with Crippen molar-refractivity contribution in [3.8, 4) is 5.75 Å². The molecule has 3 rings (SSSR count). The molecule has 7 heteroatoms. The molecule has 0 spiro atoms. The Labute approximate surface area is 187 Å². The summed E-state index contributed by atoms with van der Waals surface area (Å²) in [5.74, 6) is -1.22. The summed E-state index contributed by atoms with van der Waals surface area (Å²) in [4.78, 5) is 27.1. The molecule has 1 saturated heterocycles. The maximum atomic E-state index is 13.7. The largest absolute Gasteiger partial charge is 0.507 e. The zero-order valence-electron chi connectivity index (χ0n) is 18.7. The molecule has 1 aliphatic heterocycles. The molecular weight excluding hydrogens is 413 g/mol. The van der Waals surface area contributed by atoms with E-state index < -0.39 is 23.5 Å². The van der Waals surface area contributed by atoms with Crippen molar-refractivity contribution in [2.75, 3.05) is 26.9 Å². The van der Waals surface area contributed by atoms with Gasteiger partial charge in [0.25, 0.3) is 11.7 Å². The zero-order valence-corrected chi connectivity index (χ0v) is 18.7. The highest BCUT2D eigenvalue weighted by molar-refractivity contribution is 6.46. The number of ether oxygens (including phenoxy) is 2. The molecule has 1 unspecified atom stereocenters. The van der Waals surface area contributed by atoms with Gasteiger partial charge in [-0.15, -0.1) is 0 Å². The Kier molecular flexibility index (Phi) is 7.30. The van der Waals surface area contributed by atoms with Crippen LogP contribution in [0.15, 0.2) is 48.0 Å². The maximum absolute atomic E-state index is 13.7. The van der Waals surface area contributed by atoms with Gasteiger partial charge in [-0.2, -0.15) is 0 Å². The van der Waals surface area contributed by atoms with Crippen LogP contribution in [0.1, 0.15) is 36.6 Å². The van der Waals surface area contributed by atoms with Gasteiger partial charge in [-0.1, -0.05) is 26.0 Å². The lowest BCUT2D eigenvalue weighted by Crippen LogP contribution is -2.32. The second-order valence-electron chi connectivity index (χ2n) is 8.22. The van der Waals surface area contributed by atoms with Crippen molar-refractivity contribution in [2.24, 2.45) is 5.92 Å². The summed E-state index contributed by atoms with van der Waals surface area (Å²) in [6.45, 7) is 6.64. The summed E-state index contributed by atoms with van der Waals surface area (Å²) in [6, 6.07) is 10.4. The average molecular weight is 441 g/mol. The number of likely N-dealkylation sites (tertiary alicyclic amines) is 1. The highest BCUT2D eigenvalue weighted by atomic mass is 19.1. The Hall–Kier alpha value is -3.19. The number of aryl methyl sites for hydroxylation is 1. The summed E-state index contributed by atoms with van der Waals surface area (Å²) < 4.78 is 24.6. The Morgan fingerprint density at radius 3 is 2.44 bits per heavy atom. The number of ketones is 1. The topological polar surface area (TPSA) is 76.1 Å². The van der Waals surface area contributed by atoms with Crippen LogP contribution in [0.3, 0.4) is 0 Å². The van der Waals surface area contributed by atoms with Crippen LogP contribution < -0.4 is 4.74 Å². The second-order valence-corrected chi connectivity index (χ2v) is 8.22. The highest BCUT2D eigenvalue weighted by Gasteiger charge is 2.45. The number of aliphatic hydroxyl groups excluding tert-OH is 1. The van der Waals surface area contributed by atoms with Gasteiger partial charge in [0.2, 0.25) is 0 Å². The molecule has 1 heterocycles. The number of benzene rings is 2. The Balaban J connectivity index is 2.06. The van der Waals surface area contributed by atoms with E-state index in [0.717, 1.165) is 0 Å². The van der Waals surface area contributed by atoms with Gasteiger partial charge in [0.1, 0.15) is 17.3 Å². The van der Waals surface area contributed by atoms with Crippen LogP contribution in [0.4, 0.5) is 4.39 Å². The first-order valence-corrected chi connectivity index (χ1v) is 10.5. The van der Waals surface area contributed by atoms with Gasteiger partial charge in [-0.05, 0) is 54.3 Å². The molecule has 1 fully saturated rings. The minimum absolute atomic E-state index is 0.0343. The van der Waals surface area contributed by atoms with E-state index >= 15 is 0 Å². The fourth-order valence-corrected chi connectivity index (χ4v) is 3.60. The Bertz CT molecular complexity index is 1030. The molecule has 0 bridgehead atoms. The number of carbonyl (C=O) groups excluding carboxylic acids is 2. The SMILES string of the molecule is COCCN1C(=O)C(=O)/C(=C(\O)c2ccc(F)c(C)c2)C1c1ccc(OCC(C)C)cc1. The van der Waals surface area contributed by atoms with Crippen molar-refractivity contribution >= 4 is 17.4 Å². The monoisotopic (exact) mass is 441 g/mol. The van der Waals surface area contributed by atoms with E-state index in [2.05, 4.69) is 13.8 Å². The third-order valence-electron chi connectivity index (χ3n) is 5.29. The molecule has 32 heavy (non-hydrogen) atoms. The number of aliphatic hydroxyl groups is 1.